The van der Waals surface area contributed by atoms with E-state index in [-0.39, 0.29) is 53.1 Å². The Hall–Kier alpha value is -4.65. The molecule has 4 N–H and O–H groups in total. The molecule has 2 amide bonds. The van der Waals surface area contributed by atoms with E-state index < -0.39 is 57.6 Å². The van der Waals surface area contributed by atoms with Gasteiger partial charge in [0, 0.05) is 46.7 Å². The van der Waals surface area contributed by atoms with Gasteiger partial charge in [0.25, 0.3) is 11.8 Å². The number of aliphatic carboxylic acids is 1. The number of carboxylic acids is 1. The first-order valence-electron chi connectivity index (χ1n) is 18.5. The van der Waals surface area contributed by atoms with Crippen molar-refractivity contribution in [3.8, 4) is 0 Å². The number of alkyl halides is 3. The minimum Gasteiger partial charge on any atom is -0.480 e. The van der Waals surface area contributed by atoms with Gasteiger partial charge in [-0.3, -0.25) is 23.7 Å². The van der Waals surface area contributed by atoms with Crippen molar-refractivity contribution in [2.45, 2.75) is 74.9 Å². The molecule has 0 bridgehead atoms. The van der Waals surface area contributed by atoms with E-state index in [9.17, 15) is 50.1 Å². The number of nitrogens with zero attached hydrogens (tertiary/aromatic N) is 2. The minimum atomic E-state index is -4.71. The van der Waals surface area contributed by atoms with E-state index in [2.05, 4.69) is 5.16 Å². The minimum absolute atomic E-state index is 0.0412. The number of sulfone groups is 1. The number of hydrogen-bond donors (Lipinski definition) is 3. The van der Waals surface area contributed by atoms with Crippen molar-refractivity contribution in [1.29, 1.82) is 0 Å². The third-order valence-electron chi connectivity index (χ3n) is 9.30. The van der Waals surface area contributed by atoms with E-state index in [0.717, 1.165) is 38.0 Å². The summed E-state index contributed by atoms with van der Waals surface area (Å²) in [6.45, 7) is 3.06. The number of aromatic nitrogens is 1. The Morgan fingerprint density at radius 2 is 1.69 bits per heavy atom. The van der Waals surface area contributed by atoms with E-state index in [1.165, 1.54) is 23.8 Å². The van der Waals surface area contributed by atoms with Crippen molar-refractivity contribution in [2.24, 2.45) is 5.73 Å². The fourth-order valence-corrected chi connectivity index (χ4v) is 8.05. The lowest BCUT2D eigenvalue weighted by Gasteiger charge is -2.16. The molecule has 2 aromatic carbocycles. The van der Waals surface area contributed by atoms with Gasteiger partial charge in [0.05, 0.1) is 34.5 Å². The summed E-state index contributed by atoms with van der Waals surface area (Å²) in [7, 11) is -7.14. The fraction of sp³-hybridized carbons (Fsp3) is 0.385. The van der Waals surface area contributed by atoms with Gasteiger partial charge >= 0.3 is 18.1 Å². The SMILES string of the molecule is CCOC(=O)/C(Cl)=C/c1cc(N2C(=O)C3=C(CCCC3)C2=O)ccc1Cl.CP(=O)(O)CCC(N)C(=O)O.CS(=O)(=O)c1cc(C(F)(F)F)ccc1C(=O)c1cnoc1C1CC1. The number of nitrogens with two attached hydrogens (primary N) is 1. The number of ether oxygens (including phenoxy) is 1. The van der Waals surface area contributed by atoms with Crippen LogP contribution in [0.25, 0.3) is 6.08 Å². The lowest BCUT2D eigenvalue weighted by molar-refractivity contribution is -0.139. The largest absolute Gasteiger partial charge is 0.480 e. The Bertz CT molecular complexity index is 2420. The number of hydrogen-bond acceptors (Lipinski definition) is 12. The van der Waals surface area contributed by atoms with Gasteiger partial charge in [-0.05, 0) is 99.9 Å². The molecule has 2 heterocycles. The van der Waals surface area contributed by atoms with Crippen molar-refractivity contribution in [3.63, 3.8) is 0 Å². The molecular formula is C39H41Cl2F3N3O12PS. The van der Waals surface area contributed by atoms with Gasteiger partial charge in [0.2, 0.25) is 0 Å². The highest BCUT2D eigenvalue weighted by Gasteiger charge is 2.40. The third-order valence-corrected chi connectivity index (χ3v) is 12.1. The molecule has 6 rings (SSSR count). The number of ketones is 1. The Morgan fingerprint density at radius 1 is 1.08 bits per heavy atom. The molecule has 0 radical (unpaired) electrons. The number of imide groups is 1. The predicted octanol–water partition coefficient (Wildman–Crippen LogP) is 7.12. The zero-order chi connectivity index (χ0) is 45.6. The Balaban J connectivity index is 0.000000218. The molecule has 2 atom stereocenters. The van der Waals surface area contributed by atoms with Crippen LogP contribution < -0.4 is 10.6 Å². The number of esters is 1. The molecule has 1 saturated carbocycles. The molecular weight excluding hydrogens is 893 g/mol. The molecule has 61 heavy (non-hydrogen) atoms. The summed E-state index contributed by atoms with van der Waals surface area (Å²) in [5.74, 6) is -2.69. The maximum atomic E-state index is 12.8. The van der Waals surface area contributed by atoms with Crippen LogP contribution in [0.1, 0.15) is 90.6 Å². The average molecular weight is 935 g/mol. The highest BCUT2D eigenvalue weighted by Crippen LogP contribution is 2.43. The summed E-state index contributed by atoms with van der Waals surface area (Å²) in [5.41, 5.74) is 5.76. The fourth-order valence-electron chi connectivity index (χ4n) is 6.05. The molecule has 0 spiro atoms. The summed E-state index contributed by atoms with van der Waals surface area (Å²) in [6.07, 6.45) is 3.31. The molecule has 1 fully saturated rings. The van der Waals surface area contributed by atoms with Crippen LogP contribution in [-0.2, 0) is 44.5 Å². The number of carbonyl (C=O) groups is 5. The van der Waals surface area contributed by atoms with Crippen LogP contribution in [-0.4, -0.2) is 84.8 Å². The standard InChI is InChI=1S/C19H17Cl2NO4.C15H12F3NO4S.C5H12NO4P/c1-2-26-19(25)16(21)10-11-9-12(7-8-15(11)20)22-17(23)13-5-3-4-6-14(13)18(22)24;1-24(21,22)12-6-9(15(16,17)18)4-5-10(12)13(20)11-7-19-23-14(11)8-2-3-8;1-11(9,10)3-2-4(6)5(7)8/h7-10H,2-6H2,1H3;4-8H,2-3H2,1H3;4H,2-3,6H2,1H3,(H,7,8)(H,9,10)/b16-10-;;. The first-order chi connectivity index (χ1) is 28.3. The second-order valence-corrected chi connectivity index (χ2v) is 19.6. The highest BCUT2D eigenvalue weighted by atomic mass is 35.5. The quantitative estimate of drug-likeness (QED) is 0.0539. The van der Waals surface area contributed by atoms with Crippen LogP contribution in [0.4, 0.5) is 18.9 Å². The van der Waals surface area contributed by atoms with Crippen LogP contribution in [0, 0.1) is 0 Å². The first-order valence-corrected chi connectivity index (χ1v) is 23.4. The Morgan fingerprint density at radius 3 is 2.20 bits per heavy atom. The first kappa shape index (κ1) is 49.0. The topological polar surface area (TPSA) is 242 Å². The smallest absolute Gasteiger partial charge is 0.416 e. The summed E-state index contributed by atoms with van der Waals surface area (Å²) in [6, 6.07) is 5.75. The van der Waals surface area contributed by atoms with Gasteiger partial charge < -0.3 is 25.0 Å². The molecule has 330 valence electrons. The summed E-state index contributed by atoms with van der Waals surface area (Å²) in [4.78, 5) is 69.0. The molecule has 0 saturated heterocycles. The lowest BCUT2D eigenvalue weighted by Crippen LogP contribution is -2.31. The maximum Gasteiger partial charge on any atom is 0.416 e. The van der Waals surface area contributed by atoms with Crippen molar-refractivity contribution in [1.82, 2.24) is 5.16 Å². The molecule has 15 nitrogen and oxygen atoms in total. The number of benzene rings is 2. The van der Waals surface area contributed by atoms with Crippen LogP contribution in [0.5, 0.6) is 0 Å². The second-order valence-electron chi connectivity index (χ2n) is 14.2. The van der Waals surface area contributed by atoms with E-state index in [1.807, 2.05) is 0 Å². The molecule has 22 heteroatoms. The number of carboxylic acid groups (broad SMARTS) is 1. The van der Waals surface area contributed by atoms with Crippen LogP contribution in [0.15, 0.2) is 68.2 Å². The van der Waals surface area contributed by atoms with Gasteiger partial charge in [0.1, 0.15) is 11.1 Å². The average Bonchev–Trinajstić information content (AvgIpc) is 3.85. The van der Waals surface area contributed by atoms with Crippen molar-refractivity contribution >= 4 is 81.7 Å². The van der Waals surface area contributed by atoms with Crippen LogP contribution >= 0.6 is 30.6 Å². The Kier molecular flexibility index (Phi) is 16.1. The zero-order valence-corrected chi connectivity index (χ0v) is 36.1. The van der Waals surface area contributed by atoms with Crippen LogP contribution in [0.3, 0.4) is 0 Å². The van der Waals surface area contributed by atoms with E-state index in [0.29, 0.717) is 58.2 Å². The van der Waals surface area contributed by atoms with Gasteiger partial charge in [-0.1, -0.05) is 28.4 Å². The van der Waals surface area contributed by atoms with E-state index >= 15 is 0 Å². The number of halogens is 5. The van der Waals surface area contributed by atoms with Gasteiger partial charge in [-0.2, -0.15) is 13.2 Å². The van der Waals surface area contributed by atoms with Crippen molar-refractivity contribution < 1.29 is 69.4 Å². The molecule has 1 aromatic heterocycles. The Labute approximate surface area is 358 Å². The number of rotatable bonds is 12. The normalized spacial score (nSPS) is 17.0. The molecule has 3 aliphatic rings. The molecule has 2 unspecified atom stereocenters. The monoisotopic (exact) mass is 933 g/mol. The molecule has 1 aliphatic heterocycles. The number of anilines is 1. The zero-order valence-electron chi connectivity index (χ0n) is 32.8. The van der Waals surface area contributed by atoms with Gasteiger partial charge in [-0.15, -0.1) is 0 Å². The number of carbonyl (C=O) groups excluding carboxylic acids is 4. The predicted molar refractivity (Wildman–Crippen MR) is 217 cm³/mol. The van der Waals surface area contributed by atoms with E-state index in [1.54, 1.807) is 25.1 Å². The van der Waals surface area contributed by atoms with Crippen LogP contribution in [0.2, 0.25) is 5.02 Å². The summed E-state index contributed by atoms with van der Waals surface area (Å²) in [5, 5.41) is 12.0. The molecule has 3 aromatic rings. The van der Waals surface area contributed by atoms with Gasteiger partial charge in [0.15, 0.2) is 28.7 Å². The third kappa shape index (κ3) is 12.9. The number of amides is 2. The van der Waals surface area contributed by atoms with E-state index in [4.69, 9.17) is 48.2 Å². The summed E-state index contributed by atoms with van der Waals surface area (Å²) >= 11 is 12.1. The summed E-state index contributed by atoms with van der Waals surface area (Å²) < 4.78 is 82.8. The highest BCUT2D eigenvalue weighted by molar-refractivity contribution is 7.90. The molecule has 2 aliphatic carbocycles. The van der Waals surface area contributed by atoms with Gasteiger partial charge in [-0.25, -0.2) is 18.1 Å². The lowest BCUT2D eigenvalue weighted by atomic mass is 9.93. The maximum absolute atomic E-state index is 12.8. The van der Waals surface area contributed by atoms with Crippen molar-refractivity contribution in [3.05, 3.63) is 91.8 Å². The van der Waals surface area contributed by atoms with Crippen molar-refractivity contribution in [2.75, 3.05) is 30.6 Å². The second kappa shape index (κ2) is 20.0.